The van der Waals surface area contributed by atoms with Gasteiger partial charge in [-0.05, 0) is 24.3 Å². The number of carbonyl (C=O) groups is 1. The normalized spacial score (nSPS) is 11.2. The summed E-state index contributed by atoms with van der Waals surface area (Å²) in [6.07, 6.45) is -3.35. The van der Waals surface area contributed by atoms with Gasteiger partial charge < -0.3 is 4.74 Å². The summed E-state index contributed by atoms with van der Waals surface area (Å²) in [5, 5.41) is 0. The van der Waals surface area contributed by atoms with Crippen molar-refractivity contribution in [3.63, 3.8) is 0 Å². The number of alkyl halides is 3. The second kappa shape index (κ2) is 5.32. The fourth-order valence-electron chi connectivity index (χ4n) is 1.69. The molecule has 2 aromatic rings. The molecular weight excluding hydrogens is 271 g/mol. The summed E-state index contributed by atoms with van der Waals surface area (Å²) in [6.45, 7) is 0. The SMILES string of the molecule is COC(=O)c1cccc(-c2cc(C(F)(F)F)ccn2)c1. The average Bonchev–Trinajstić information content (AvgIpc) is 2.46. The van der Waals surface area contributed by atoms with E-state index in [1.54, 1.807) is 12.1 Å². The zero-order valence-electron chi connectivity index (χ0n) is 10.4. The molecule has 0 saturated carbocycles. The first-order valence-corrected chi connectivity index (χ1v) is 5.64. The Bertz CT molecular complexity index is 638. The van der Waals surface area contributed by atoms with Gasteiger partial charge in [-0.25, -0.2) is 4.79 Å². The lowest BCUT2D eigenvalue weighted by atomic mass is 10.1. The van der Waals surface area contributed by atoms with Crippen LogP contribution in [0.2, 0.25) is 0 Å². The molecule has 0 aliphatic heterocycles. The quantitative estimate of drug-likeness (QED) is 0.790. The summed E-state index contributed by atoms with van der Waals surface area (Å²) in [5.41, 5.74) is 0.0276. The van der Waals surface area contributed by atoms with Crippen LogP contribution in [0, 0.1) is 0 Å². The fraction of sp³-hybridized carbons (Fsp3) is 0.143. The predicted octanol–water partition coefficient (Wildman–Crippen LogP) is 3.55. The van der Waals surface area contributed by atoms with E-state index in [9.17, 15) is 18.0 Å². The lowest BCUT2D eigenvalue weighted by Gasteiger charge is -2.08. The van der Waals surface area contributed by atoms with Crippen molar-refractivity contribution in [3.05, 3.63) is 53.7 Å². The third-order valence-electron chi connectivity index (χ3n) is 2.67. The number of halogens is 3. The summed E-state index contributed by atoms with van der Waals surface area (Å²) in [6, 6.07) is 7.93. The molecule has 0 fully saturated rings. The predicted molar refractivity (Wildman–Crippen MR) is 66.0 cm³/mol. The first kappa shape index (κ1) is 14.0. The van der Waals surface area contributed by atoms with Crippen molar-refractivity contribution in [2.24, 2.45) is 0 Å². The zero-order valence-corrected chi connectivity index (χ0v) is 10.4. The molecule has 0 radical (unpaired) electrons. The van der Waals surface area contributed by atoms with Crippen LogP contribution in [0.3, 0.4) is 0 Å². The van der Waals surface area contributed by atoms with Crippen molar-refractivity contribution < 1.29 is 22.7 Å². The van der Waals surface area contributed by atoms with Crippen molar-refractivity contribution in [2.75, 3.05) is 7.11 Å². The summed E-state index contributed by atoms with van der Waals surface area (Å²) >= 11 is 0. The highest BCUT2D eigenvalue weighted by Gasteiger charge is 2.30. The van der Waals surface area contributed by atoms with Crippen LogP contribution >= 0.6 is 0 Å². The molecule has 0 unspecified atom stereocenters. The number of hydrogen-bond donors (Lipinski definition) is 0. The molecule has 0 amide bonds. The van der Waals surface area contributed by atoms with Crippen molar-refractivity contribution in [1.82, 2.24) is 4.98 Å². The molecule has 0 aliphatic carbocycles. The van der Waals surface area contributed by atoms with Gasteiger partial charge in [0.1, 0.15) is 0 Å². The summed E-state index contributed by atoms with van der Waals surface area (Å²) in [7, 11) is 1.23. The molecule has 0 aliphatic rings. The van der Waals surface area contributed by atoms with Gasteiger partial charge >= 0.3 is 12.1 Å². The molecule has 0 saturated heterocycles. The Morgan fingerprint density at radius 2 is 1.95 bits per heavy atom. The molecule has 20 heavy (non-hydrogen) atoms. The number of methoxy groups -OCH3 is 1. The maximum Gasteiger partial charge on any atom is 0.416 e. The monoisotopic (exact) mass is 281 g/mol. The molecule has 0 bridgehead atoms. The van der Waals surface area contributed by atoms with Gasteiger partial charge in [-0.15, -0.1) is 0 Å². The van der Waals surface area contributed by atoms with E-state index in [-0.39, 0.29) is 11.3 Å². The molecular formula is C14H10F3NO2. The van der Waals surface area contributed by atoms with Crippen molar-refractivity contribution >= 4 is 5.97 Å². The zero-order chi connectivity index (χ0) is 14.8. The summed E-state index contributed by atoms with van der Waals surface area (Å²) in [5.74, 6) is -0.557. The van der Waals surface area contributed by atoms with Crippen molar-refractivity contribution in [2.45, 2.75) is 6.18 Å². The Morgan fingerprint density at radius 1 is 1.20 bits per heavy atom. The van der Waals surface area contributed by atoms with E-state index in [0.29, 0.717) is 5.56 Å². The number of carbonyl (C=O) groups excluding carboxylic acids is 1. The molecule has 0 N–H and O–H groups in total. The number of rotatable bonds is 2. The van der Waals surface area contributed by atoms with E-state index in [1.807, 2.05) is 0 Å². The van der Waals surface area contributed by atoms with Crippen LogP contribution in [-0.4, -0.2) is 18.1 Å². The smallest absolute Gasteiger partial charge is 0.416 e. The van der Waals surface area contributed by atoms with E-state index in [1.165, 1.54) is 19.2 Å². The second-order valence-corrected chi connectivity index (χ2v) is 4.00. The van der Waals surface area contributed by atoms with Crippen LogP contribution in [0.25, 0.3) is 11.3 Å². The van der Waals surface area contributed by atoms with Gasteiger partial charge in [0.05, 0.1) is 23.9 Å². The highest BCUT2D eigenvalue weighted by molar-refractivity contribution is 5.90. The molecule has 6 heteroatoms. The Labute approximate surface area is 113 Å². The van der Waals surface area contributed by atoms with Gasteiger partial charge in [0.25, 0.3) is 0 Å². The number of aromatic nitrogens is 1. The first-order valence-electron chi connectivity index (χ1n) is 5.64. The molecule has 104 valence electrons. The van der Waals surface area contributed by atoms with E-state index in [2.05, 4.69) is 9.72 Å². The van der Waals surface area contributed by atoms with E-state index in [0.717, 1.165) is 18.3 Å². The highest BCUT2D eigenvalue weighted by atomic mass is 19.4. The Morgan fingerprint density at radius 3 is 2.60 bits per heavy atom. The van der Waals surface area contributed by atoms with Crippen LogP contribution in [-0.2, 0) is 10.9 Å². The maximum absolute atomic E-state index is 12.6. The Kier molecular flexibility index (Phi) is 3.74. The number of hydrogen-bond acceptors (Lipinski definition) is 3. The van der Waals surface area contributed by atoms with E-state index in [4.69, 9.17) is 0 Å². The van der Waals surface area contributed by atoms with Gasteiger partial charge in [0.2, 0.25) is 0 Å². The lowest BCUT2D eigenvalue weighted by Crippen LogP contribution is -2.05. The van der Waals surface area contributed by atoms with Gasteiger partial charge in [0, 0.05) is 11.8 Å². The Hall–Kier alpha value is -2.37. The third kappa shape index (κ3) is 2.96. The van der Waals surface area contributed by atoms with Crippen LogP contribution in [0.5, 0.6) is 0 Å². The lowest BCUT2D eigenvalue weighted by molar-refractivity contribution is -0.137. The van der Waals surface area contributed by atoms with Crippen molar-refractivity contribution in [3.8, 4) is 11.3 Å². The van der Waals surface area contributed by atoms with Gasteiger partial charge in [-0.1, -0.05) is 12.1 Å². The van der Waals surface area contributed by atoms with Crippen LogP contribution < -0.4 is 0 Å². The topological polar surface area (TPSA) is 39.2 Å². The average molecular weight is 281 g/mol. The minimum Gasteiger partial charge on any atom is -0.465 e. The minimum absolute atomic E-state index is 0.144. The molecule has 3 nitrogen and oxygen atoms in total. The molecule has 2 rings (SSSR count). The number of esters is 1. The standard InChI is InChI=1S/C14H10F3NO2/c1-20-13(19)10-4-2-3-9(7-10)12-8-11(5-6-18-12)14(15,16)17/h2-8H,1H3. The van der Waals surface area contributed by atoms with Gasteiger partial charge in [-0.2, -0.15) is 13.2 Å². The van der Waals surface area contributed by atoms with E-state index < -0.39 is 17.7 Å². The summed E-state index contributed by atoms with van der Waals surface area (Å²) in [4.78, 5) is 15.3. The number of benzene rings is 1. The van der Waals surface area contributed by atoms with Crippen molar-refractivity contribution in [1.29, 1.82) is 0 Å². The summed E-state index contributed by atoms with van der Waals surface area (Å²) < 4.78 is 42.5. The third-order valence-corrected chi connectivity index (χ3v) is 2.67. The Balaban J connectivity index is 2.44. The van der Waals surface area contributed by atoms with Crippen LogP contribution in [0.1, 0.15) is 15.9 Å². The molecule has 0 spiro atoms. The molecule has 1 aromatic heterocycles. The minimum atomic E-state index is -4.43. The maximum atomic E-state index is 12.6. The van der Waals surface area contributed by atoms with E-state index >= 15 is 0 Å². The highest BCUT2D eigenvalue weighted by Crippen LogP contribution is 2.31. The molecule has 1 heterocycles. The number of ether oxygens (including phenoxy) is 1. The second-order valence-electron chi connectivity index (χ2n) is 4.00. The van der Waals surface area contributed by atoms with Crippen LogP contribution in [0.4, 0.5) is 13.2 Å². The van der Waals surface area contributed by atoms with Gasteiger partial charge in [0.15, 0.2) is 0 Å². The largest absolute Gasteiger partial charge is 0.465 e. The fourth-order valence-corrected chi connectivity index (χ4v) is 1.69. The molecule has 1 aromatic carbocycles. The number of nitrogens with zero attached hydrogens (tertiary/aromatic N) is 1. The first-order chi connectivity index (χ1) is 9.41. The molecule has 0 atom stereocenters. The van der Waals surface area contributed by atoms with Gasteiger partial charge in [-0.3, -0.25) is 4.98 Å². The van der Waals surface area contributed by atoms with Crippen LogP contribution in [0.15, 0.2) is 42.6 Å². The number of pyridine rings is 1.